The highest BCUT2D eigenvalue weighted by atomic mass is 19.1. The highest BCUT2D eigenvalue weighted by Gasteiger charge is 2.09. The second-order valence-corrected chi connectivity index (χ2v) is 2.86. The van der Waals surface area contributed by atoms with Gasteiger partial charge in [0.2, 0.25) is 6.41 Å². The summed E-state index contributed by atoms with van der Waals surface area (Å²) in [4.78, 5) is 10.2. The van der Waals surface area contributed by atoms with Crippen LogP contribution in [-0.4, -0.2) is 11.6 Å². The van der Waals surface area contributed by atoms with Crippen molar-refractivity contribution < 1.29 is 13.7 Å². The van der Waals surface area contributed by atoms with E-state index in [-0.39, 0.29) is 5.69 Å². The molecule has 4 nitrogen and oxygen atoms in total. The molecular formula is C9H7FN2O2. The molecule has 0 unspecified atom stereocenters. The summed E-state index contributed by atoms with van der Waals surface area (Å²) in [5, 5.41) is 6.63. The molecule has 1 aromatic heterocycles. The van der Waals surface area contributed by atoms with Gasteiger partial charge < -0.3 is 9.84 Å². The standard InChI is InChI=1S/C9H7FN2O2/c1-5-6-2-8(11-4-13)7(10)3-9(6)14-12-5/h2-4H,1H3,(H,11,13). The number of nitrogens with zero attached hydrogens (tertiary/aromatic N) is 1. The van der Waals surface area contributed by atoms with Gasteiger partial charge in [-0.2, -0.15) is 0 Å². The quantitative estimate of drug-likeness (QED) is 0.742. The van der Waals surface area contributed by atoms with Gasteiger partial charge >= 0.3 is 0 Å². The topological polar surface area (TPSA) is 55.1 Å². The molecule has 5 heteroatoms. The molecule has 2 aromatic rings. The number of nitrogens with one attached hydrogen (secondary N) is 1. The molecule has 0 saturated carbocycles. The summed E-state index contributed by atoms with van der Waals surface area (Å²) < 4.78 is 18.1. The number of carbonyl (C=O) groups is 1. The maximum Gasteiger partial charge on any atom is 0.211 e. The molecular weight excluding hydrogens is 187 g/mol. The van der Waals surface area contributed by atoms with Gasteiger partial charge in [-0.3, -0.25) is 4.79 Å². The molecule has 0 bridgehead atoms. The Labute approximate surface area is 78.7 Å². The Balaban J connectivity index is 2.67. The highest BCUT2D eigenvalue weighted by molar-refractivity contribution is 5.86. The summed E-state index contributed by atoms with van der Waals surface area (Å²) >= 11 is 0. The third-order valence-electron chi connectivity index (χ3n) is 1.95. The van der Waals surface area contributed by atoms with Gasteiger partial charge in [0.25, 0.3) is 0 Å². The van der Waals surface area contributed by atoms with Gasteiger partial charge in [0.1, 0.15) is 0 Å². The lowest BCUT2D eigenvalue weighted by atomic mass is 10.2. The number of aryl methyl sites for hydroxylation is 1. The number of hydrogen-bond donors (Lipinski definition) is 1. The number of halogens is 1. The van der Waals surface area contributed by atoms with E-state index in [2.05, 4.69) is 10.5 Å². The van der Waals surface area contributed by atoms with E-state index in [9.17, 15) is 9.18 Å². The van der Waals surface area contributed by atoms with E-state index in [4.69, 9.17) is 4.52 Å². The molecule has 72 valence electrons. The monoisotopic (exact) mass is 194 g/mol. The highest BCUT2D eigenvalue weighted by Crippen LogP contribution is 2.24. The second-order valence-electron chi connectivity index (χ2n) is 2.86. The zero-order valence-corrected chi connectivity index (χ0v) is 7.37. The average Bonchev–Trinajstić information content (AvgIpc) is 2.49. The van der Waals surface area contributed by atoms with Crippen molar-refractivity contribution in [1.82, 2.24) is 5.16 Å². The Kier molecular flexibility index (Phi) is 1.92. The molecule has 0 radical (unpaired) electrons. The first-order chi connectivity index (χ1) is 6.72. The van der Waals surface area contributed by atoms with Crippen LogP contribution in [0.5, 0.6) is 0 Å². The van der Waals surface area contributed by atoms with E-state index in [0.29, 0.717) is 23.1 Å². The first-order valence-corrected chi connectivity index (χ1v) is 3.98. The van der Waals surface area contributed by atoms with Gasteiger partial charge in [-0.05, 0) is 13.0 Å². The summed E-state index contributed by atoms with van der Waals surface area (Å²) in [5.41, 5.74) is 1.16. The molecule has 0 atom stereocenters. The zero-order valence-electron chi connectivity index (χ0n) is 7.37. The van der Waals surface area contributed by atoms with E-state index in [0.717, 1.165) is 0 Å². The maximum absolute atomic E-state index is 13.2. The Morgan fingerprint density at radius 1 is 1.57 bits per heavy atom. The van der Waals surface area contributed by atoms with E-state index in [1.165, 1.54) is 12.1 Å². The predicted molar refractivity (Wildman–Crippen MR) is 48.4 cm³/mol. The third-order valence-corrected chi connectivity index (χ3v) is 1.95. The molecule has 1 heterocycles. The lowest BCUT2D eigenvalue weighted by Gasteiger charge is -1.99. The predicted octanol–water partition coefficient (Wildman–Crippen LogP) is 1.84. The minimum Gasteiger partial charge on any atom is -0.356 e. The molecule has 1 N–H and O–H groups in total. The van der Waals surface area contributed by atoms with Crippen molar-refractivity contribution in [2.45, 2.75) is 6.92 Å². The minimum absolute atomic E-state index is 0.124. The van der Waals surface area contributed by atoms with Crippen molar-refractivity contribution in [3.8, 4) is 0 Å². The van der Waals surface area contributed by atoms with Crippen molar-refractivity contribution >= 4 is 23.1 Å². The summed E-state index contributed by atoms with van der Waals surface area (Å²) in [5.74, 6) is -0.541. The number of rotatable bonds is 2. The number of hydrogen-bond acceptors (Lipinski definition) is 3. The fourth-order valence-corrected chi connectivity index (χ4v) is 1.25. The van der Waals surface area contributed by atoms with Gasteiger partial charge in [0.15, 0.2) is 11.4 Å². The number of carbonyl (C=O) groups excluding carboxylic acids is 1. The number of anilines is 1. The van der Waals surface area contributed by atoms with Gasteiger partial charge in [-0.1, -0.05) is 5.16 Å². The lowest BCUT2D eigenvalue weighted by molar-refractivity contribution is -0.105. The van der Waals surface area contributed by atoms with E-state index < -0.39 is 5.82 Å². The Morgan fingerprint density at radius 2 is 2.36 bits per heavy atom. The van der Waals surface area contributed by atoms with E-state index in [1.54, 1.807) is 6.92 Å². The normalized spacial score (nSPS) is 10.4. The van der Waals surface area contributed by atoms with Crippen molar-refractivity contribution in [3.63, 3.8) is 0 Å². The number of amides is 1. The van der Waals surface area contributed by atoms with Crippen LogP contribution in [0.3, 0.4) is 0 Å². The Morgan fingerprint density at radius 3 is 3.07 bits per heavy atom. The molecule has 0 fully saturated rings. The number of aromatic nitrogens is 1. The van der Waals surface area contributed by atoms with Crippen molar-refractivity contribution in [3.05, 3.63) is 23.6 Å². The summed E-state index contributed by atoms with van der Waals surface area (Å²) in [6.07, 6.45) is 0.424. The minimum atomic E-state index is -0.541. The van der Waals surface area contributed by atoms with Gasteiger partial charge in [-0.15, -0.1) is 0 Å². The largest absolute Gasteiger partial charge is 0.356 e. The van der Waals surface area contributed by atoms with Crippen LogP contribution in [-0.2, 0) is 4.79 Å². The van der Waals surface area contributed by atoms with Crippen molar-refractivity contribution in [2.75, 3.05) is 5.32 Å². The van der Waals surface area contributed by atoms with Crippen LogP contribution in [0.25, 0.3) is 11.0 Å². The van der Waals surface area contributed by atoms with Gasteiger partial charge in [0.05, 0.1) is 11.4 Å². The molecule has 0 saturated heterocycles. The van der Waals surface area contributed by atoms with Crippen LogP contribution in [0.2, 0.25) is 0 Å². The first-order valence-electron chi connectivity index (χ1n) is 3.98. The molecule has 14 heavy (non-hydrogen) atoms. The fraction of sp³-hybridized carbons (Fsp3) is 0.111. The first kappa shape index (κ1) is 8.68. The van der Waals surface area contributed by atoms with Gasteiger partial charge in [0, 0.05) is 11.5 Å². The van der Waals surface area contributed by atoms with Crippen molar-refractivity contribution in [1.29, 1.82) is 0 Å². The van der Waals surface area contributed by atoms with Crippen LogP contribution in [0.15, 0.2) is 16.7 Å². The van der Waals surface area contributed by atoms with Crippen LogP contribution < -0.4 is 5.32 Å². The molecule has 1 aromatic carbocycles. The van der Waals surface area contributed by atoms with Gasteiger partial charge in [-0.25, -0.2) is 4.39 Å². The summed E-state index contributed by atoms with van der Waals surface area (Å²) in [6.45, 7) is 1.74. The van der Waals surface area contributed by atoms with Crippen LogP contribution in [0.4, 0.5) is 10.1 Å². The maximum atomic E-state index is 13.2. The van der Waals surface area contributed by atoms with E-state index >= 15 is 0 Å². The van der Waals surface area contributed by atoms with Crippen LogP contribution >= 0.6 is 0 Å². The SMILES string of the molecule is Cc1noc2cc(F)c(NC=O)cc12. The molecule has 0 aliphatic carbocycles. The number of benzene rings is 1. The average molecular weight is 194 g/mol. The van der Waals surface area contributed by atoms with Crippen LogP contribution in [0, 0.1) is 12.7 Å². The third kappa shape index (κ3) is 1.22. The van der Waals surface area contributed by atoms with Crippen molar-refractivity contribution in [2.24, 2.45) is 0 Å². The fourth-order valence-electron chi connectivity index (χ4n) is 1.25. The Hall–Kier alpha value is -1.91. The second kappa shape index (κ2) is 3.10. The van der Waals surface area contributed by atoms with Crippen LogP contribution in [0.1, 0.15) is 5.69 Å². The lowest BCUT2D eigenvalue weighted by Crippen LogP contribution is -1.96. The molecule has 0 aliphatic heterocycles. The molecule has 0 spiro atoms. The summed E-state index contributed by atoms with van der Waals surface area (Å²) in [7, 11) is 0. The molecule has 1 amide bonds. The van der Waals surface area contributed by atoms with E-state index in [1.807, 2.05) is 0 Å². The Bertz CT molecular complexity index is 493. The number of fused-ring (bicyclic) bond motifs is 1. The molecule has 2 rings (SSSR count). The smallest absolute Gasteiger partial charge is 0.211 e. The summed E-state index contributed by atoms with van der Waals surface area (Å²) in [6, 6.07) is 2.69. The molecule has 0 aliphatic rings. The zero-order chi connectivity index (χ0) is 10.1.